The Balaban J connectivity index is 2.58. The summed E-state index contributed by atoms with van der Waals surface area (Å²) in [5.74, 6) is 0.535. The average molecular weight is 301 g/mol. The van der Waals surface area contributed by atoms with Crippen LogP contribution in [0.15, 0.2) is 30.6 Å². The zero-order valence-corrected chi connectivity index (χ0v) is 12.9. The zero-order chi connectivity index (χ0) is 16.1. The first-order valence-electron chi connectivity index (χ1n) is 7.15. The predicted molar refractivity (Wildman–Crippen MR) is 86.7 cm³/mol. The molecule has 1 aromatic carbocycles. The molecule has 0 amide bonds. The molecule has 1 aromatic heterocycles. The molecule has 0 aliphatic rings. The highest BCUT2D eigenvalue weighted by molar-refractivity contribution is 5.75. The molecule has 116 valence electrons. The first-order valence-corrected chi connectivity index (χ1v) is 7.15. The van der Waals surface area contributed by atoms with Gasteiger partial charge >= 0.3 is 5.69 Å². The number of benzene rings is 1. The third kappa shape index (κ3) is 3.13. The van der Waals surface area contributed by atoms with Crippen molar-refractivity contribution in [2.75, 3.05) is 23.3 Å². The summed E-state index contributed by atoms with van der Waals surface area (Å²) in [7, 11) is 0. The second-order valence-electron chi connectivity index (χ2n) is 4.77. The highest BCUT2D eigenvalue weighted by Crippen LogP contribution is 2.35. The van der Waals surface area contributed by atoms with E-state index in [1.54, 1.807) is 0 Å². The summed E-state index contributed by atoms with van der Waals surface area (Å²) in [6, 6.07) is 7.79. The van der Waals surface area contributed by atoms with Crippen LogP contribution in [0.1, 0.15) is 19.4 Å². The number of hydrogen-bond acceptors (Lipinski definition) is 6. The van der Waals surface area contributed by atoms with E-state index in [0.717, 1.165) is 11.3 Å². The molecule has 0 spiro atoms. The van der Waals surface area contributed by atoms with Gasteiger partial charge in [0.05, 0.1) is 4.92 Å². The Bertz CT molecular complexity index is 675. The number of aryl methyl sites for hydroxylation is 1. The summed E-state index contributed by atoms with van der Waals surface area (Å²) in [5.41, 5.74) is 1.85. The quantitative estimate of drug-likeness (QED) is 0.651. The van der Waals surface area contributed by atoms with Gasteiger partial charge in [-0.1, -0.05) is 12.1 Å². The molecule has 0 fully saturated rings. The summed E-state index contributed by atoms with van der Waals surface area (Å²) < 4.78 is 0. The summed E-state index contributed by atoms with van der Waals surface area (Å²) in [4.78, 5) is 21.0. The van der Waals surface area contributed by atoms with Gasteiger partial charge in [0.2, 0.25) is 11.6 Å². The van der Waals surface area contributed by atoms with Crippen LogP contribution in [0.3, 0.4) is 0 Å². The average Bonchev–Trinajstić information content (AvgIpc) is 2.48. The second-order valence-corrected chi connectivity index (χ2v) is 4.77. The van der Waals surface area contributed by atoms with E-state index in [1.807, 2.05) is 49.9 Å². The zero-order valence-electron chi connectivity index (χ0n) is 12.9. The molecule has 2 rings (SSSR count). The smallest absolute Gasteiger partial charge is 0.353 e. The van der Waals surface area contributed by atoms with Crippen molar-refractivity contribution < 1.29 is 4.92 Å². The summed E-state index contributed by atoms with van der Waals surface area (Å²) in [6.45, 7) is 6.89. The standard InChI is InChI=1S/C15H19N5O2/c1-4-16-14-13(20(21)22)15(18-10-17-14)19(5-2)12-8-6-7-11(3)9-12/h6-10H,4-5H2,1-3H3,(H,16,17,18). The first kappa shape index (κ1) is 15.7. The maximum atomic E-state index is 11.5. The van der Waals surface area contributed by atoms with Crippen molar-refractivity contribution >= 4 is 23.0 Å². The number of rotatable bonds is 6. The number of hydrogen-bond donors (Lipinski definition) is 1. The van der Waals surface area contributed by atoms with Gasteiger partial charge in [0.25, 0.3) is 0 Å². The third-order valence-electron chi connectivity index (χ3n) is 3.21. The number of nitro groups is 1. The van der Waals surface area contributed by atoms with Crippen LogP contribution in [0, 0.1) is 17.0 Å². The van der Waals surface area contributed by atoms with Crippen LogP contribution in [0.25, 0.3) is 0 Å². The van der Waals surface area contributed by atoms with Crippen LogP contribution in [0.5, 0.6) is 0 Å². The van der Waals surface area contributed by atoms with Crippen molar-refractivity contribution in [3.63, 3.8) is 0 Å². The molecule has 2 aromatic rings. The molecule has 0 radical (unpaired) electrons. The maximum Gasteiger partial charge on any atom is 0.353 e. The molecule has 0 bridgehead atoms. The Morgan fingerprint density at radius 2 is 2.09 bits per heavy atom. The van der Waals surface area contributed by atoms with E-state index in [2.05, 4.69) is 15.3 Å². The van der Waals surface area contributed by atoms with Crippen molar-refractivity contribution in [3.8, 4) is 0 Å². The topological polar surface area (TPSA) is 84.2 Å². The van der Waals surface area contributed by atoms with E-state index in [9.17, 15) is 10.1 Å². The van der Waals surface area contributed by atoms with Gasteiger partial charge in [0, 0.05) is 18.8 Å². The second kappa shape index (κ2) is 6.84. The first-order chi connectivity index (χ1) is 10.6. The molecule has 0 unspecified atom stereocenters. The molecule has 1 heterocycles. The SMILES string of the molecule is CCNc1ncnc(N(CC)c2cccc(C)c2)c1[N+](=O)[O-]. The molecule has 1 N–H and O–H groups in total. The summed E-state index contributed by atoms with van der Waals surface area (Å²) >= 11 is 0. The molecule has 0 aliphatic heterocycles. The van der Waals surface area contributed by atoms with E-state index >= 15 is 0 Å². The van der Waals surface area contributed by atoms with Crippen LogP contribution < -0.4 is 10.2 Å². The van der Waals surface area contributed by atoms with Crippen LogP contribution in [-0.2, 0) is 0 Å². The fraction of sp³-hybridized carbons (Fsp3) is 0.333. The maximum absolute atomic E-state index is 11.5. The molecule has 0 saturated heterocycles. The minimum atomic E-state index is -0.439. The van der Waals surface area contributed by atoms with Gasteiger partial charge in [0.1, 0.15) is 6.33 Å². The lowest BCUT2D eigenvalue weighted by molar-refractivity contribution is -0.383. The Morgan fingerprint density at radius 3 is 2.68 bits per heavy atom. The van der Waals surface area contributed by atoms with Crippen molar-refractivity contribution in [1.82, 2.24) is 9.97 Å². The lowest BCUT2D eigenvalue weighted by Crippen LogP contribution is -2.20. The third-order valence-corrected chi connectivity index (χ3v) is 3.21. The van der Waals surface area contributed by atoms with Gasteiger partial charge in [-0.3, -0.25) is 10.1 Å². The van der Waals surface area contributed by atoms with Crippen molar-refractivity contribution in [1.29, 1.82) is 0 Å². The van der Waals surface area contributed by atoms with Gasteiger partial charge < -0.3 is 10.2 Å². The van der Waals surface area contributed by atoms with E-state index in [4.69, 9.17) is 0 Å². The fourth-order valence-corrected chi connectivity index (χ4v) is 2.28. The molecule has 7 nitrogen and oxygen atoms in total. The Morgan fingerprint density at radius 1 is 1.32 bits per heavy atom. The van der Waals surface area contributed by atoms with Crippen molar-refractivity contribution in [2.24, 2.45) is 0 Å². The summed E-state index contributed by atoms with van der Waals surface area (Å²) in [5, 5.41) is 14.4. The predicted octanol–water partition coefficient (Wildman–Crippen LogP) is 3.28. The number of aromatic nitrogens is 2. The normalized spacial score (nSPS) is 10.3. The number of anilines is 3. The molecular formula is C15H19N5O2. The van der Waals surface area contributed by atoms with Crippen LogP contribution in [-0.4, -0.2) is 28.0 Å². The monoisotopic (exact) mass is 301 g/mol. The largest absolute Gasteiger partial charge is 0.364 e. The van der Waals surface area contributed by atoms with Crippen LogP contribution in [0.2, 0.25) is 0 Å². The lowest BCUT2D eigenvalue weighted by Gasteiger charge is -2.22. The molecular weight excluding hydrogens is 282 g/mol. The minimum Gasteiger partial charge on any atom is -0.364 e. The lowest BCUT2D eigenvalue weighted by atomic mass is 10.2. The van der Waals surface area contributed by atoms with E-state index in [-0.39, 0.29) is 11.5 Å². The van der Waals surface area contributed by atoms with E-state index in [0.29, 0.717) is 18.9 Å². The van der Waals surface area contributed by atoms with Crippen molar-refractivity contribution in [3.05, 3.63) is 46.3 Å². The Labute approximate surface area is 129 Å². The van der Waals surface area contributed by atoms with Crippen molar-refractivity contribution in [2.45, 2.75) is 20.8 Å². The van der Waals surface area contributed by atoms with Crippen LogP contribution in [0.4, 0.5) is 23.0 Å². The van der Waals surface area contributed by atoms with E-state index < -0.39 is 4.92 Å². The fourth-order valence-electron chi connectivity index (χ4n) is 2.28. The highest BCUT2D eigenvalue weighted by atomic mass is 16.6. The minimum absolute atomic E-state index is 0.104. The Kier molecular flexibility index (Phi) is 4.88. The van der Waals surface area contributed by atoms with Gasteiger partial charge in [-0.05, 0) is 38.5 Å². The Hall–Kier alpha value is -2.70. The van der Waals surface area contributed by atoms with Gasteiger partial charge in [-0.15, -0.1) is 0 Å². The van der Waals surface area contributed by atoms with Crippen LogP contribution >= 0.6 is 0 Å². The molecule has 0 aliphatic carbocycles. The van der Waals surface area contributed by atoms with E-state index in [1.165, 1.54) is 6.33 Å². The van der Waals surface area contributed by atoms with Gasteiger partial charge in [-0.25, -0.2) is 9.97 Å². The highest BCUT2D eigenvalue weighted by Gasteiger charge is 2.26. The number of nitrogens with zero attached hydrogens (tertiary/aromatic N) is 4. The molecule has 0 saturated carbocycles. The molecule has 22 heavy (non-hydrogen) atoms. The van der Waals surface area contributed by atoms with Gasteiger partial charge in [-0.2, -0.15) is 0 Å². The number of nitrogens with one attached hydrogen (secondary N) is 1. The summed E-state index contributed by atoms with van der Waals surface area (Å²) in [6.07, 6.45) is 1.35. The van der Waals surface area contributed by atoms with Gasteiger partial charge in [0.15, 0.2) is 0 Å². The molecule has 7 heteroatoms. The molecule has 0 atom stereocenters.